The molecular formula is C18H16N2O3S2. The van der Waals surface area contributed by atoms with Crippen LogP contribution in [0.4, 0.5) is 0 Å². The summed E-state index contributed by atoms with van der Waals surface area (Å²) >= 11 is 3.00. The van der Waals surface area contributed by atoms with Crippen LogP contribution in [0, 0.1) is 0 Å². The fourth-order valence-corrected chi connectivity index (χ4v) is 5.31. The molecule has 0 spiro atoms. The Bertz CT molecular complexity index is 1020. The summed E-state index contributed by atoms with van der Waals surface area (Å²) in [7, 11) is 0. The van der Waals surface area contributed by atoms with Gasteiger partial charge in [0.05, 0.1) is 11.3 Å². The number of thiazole rings is 1. The first-order chi connectivity index (χ1) is 12.1. The molecule has 0 aliphatic heterocycles. The van der Waals surface area contributed by atoms with Gasteiger partial charge in [-0.3, -0.25) is 9.20 Å². The van der Waals surface area contributed by atoms with Crippen molar-refractivity contribution >= 4 is 34.0 Å². The minimum atomic E-state index is -0.947. The van der Waals surface area contributed by atoms with Gasteiger partial charge in [0.15, 0.2) is 4.96 Å². The van der Waals surface area contributed by atoms with E-state index in [-0.39, 0.29) is 11.1 Å². The molecule has 7 heteroatoms. The number of aromatic carboxylic acids is 1. The summed E-state index contributed by atoms with van der Waals surface area (Å²) in [5.41, 5.74) is 2.05. The second-order valence-electron chi connectivity index (χ2n) is 5.97. The van der Waals surface area contributed by atoms with Crippen LogP contribution in [0.3, 0.4) is 0 Å². The molecule has 2 aromatic heterocycles. The Morgan fingerprint density at radius 2 is 2.08 bits per heavy atom. The third-order valence-corrected chi connectivity index (χ3v) is 6.56. The molecule has 0 fully saturated rings. The van der Waals surface area contributed by atoms with Crippen LogP contribution < -0.4 is 5.56 Å². The summed E-state index contributed by atoms with van der Waals surface area (Å²) in [5, 5.41) is 9.26. The fraction of sp³-hybridized carbons (Fsp3) is 0.278. The van der Waals surface area contributed by atoms with Crippen LogP contribution in [0.15, 0.2) is 40.0 Å². The molecule has 25 heavy (non-hydrogen) atoms. The van der Waals surface area contributed by atoms with Gasteiger partial charge < -0.3 is 5.11 Å². The van der Waals surface area contributed by atoms with Crippen molar-refractivity contribution in [2.75, 3.05) is 0 Å². The molecule has 1 N–H and O–H groups in total. The zero-order chi connectivity index (χ0) is 17.4. The number of carboxylic acid groups (broad SMARTS) is 1. The number of benzene rings is 1. The molecule has 0 unspecified atom stereocenters. The van der Waals surface area contributed by atoms with E-state index >= 15 is 0 Å². The number of aryl methyl sites for hydroxylation is 2. The number of thioether (sulfide) groups is 1. The summed E-state index contributed by atoms with van der Waals surface area (Å²) in [6.45, 7) is 0. The van der Waals surface area contributed by atoms with Crippen LogP contribution in [0.25, 0.3) is 4.96 Å². The minimum Gasteiger partial charge on any atom is -0.478 e. The zero-order valence-corrected chi connectivity index (χ0v) is 15.0. The van der Waals surface area contributed by atoms with Crippen LogP contribution in [-0.2, 0) is 18.6 Å². The molecule has 2 heterocycles. The summed E-state index contributed by atoms with van der Waals surface area (Å²) < 4.78 is 1.75. The summed E-state index contributed by atoms with van der Waals surface area (Å²) in [5.74, 6) is -0.476. The predicted octanol–water partition coefficient (Wildman–Crippen LogP) is 3.63. The van der Waals surface area contributed by atoms with Gasteiger partial charge in [-0.1, -0.05) is 12.1 Å². The molecule has 0 radical (unpaired) electrons. The average molecular weight is 372 g/mol. The lowest BCUT2D eigenvalue weighted by Gasteiger charge is -2.10. The van der Waals surface area contributed by atoms with Gasteiger partial charge in [0.25, 0.3) is 5.56 Å². The average Bonchev–Trinajstić information content (AvgIpc) is 2.99. The second kappa shape index (κ2) is 6.65. The van der Waals surface area contributed by atoms with Gasteiger partial charge >= 0.3 is 5.97 Å². The van der Waals surface area contributed by atoms with Crippen molar-refractivity contribution < 1.29 is 9.90 Å². The first-order valence-electron chi connectivity index (χ1n) is 8.12. The quantitative estimate of drug-likeness (QED) is 0.708. The lowest BCUT2D eigenvalue weighted by molar-refractivity contribution is 0.0693. The van der Waals surface area contributed by atoms with Crippen molar-refractivity contribution in [1.29, 1.82) is 0 Å². The highest BCUT2D eigenvalue weighted by atomic mass is 32.2. The Hall–Kier alpha value is -2.12. The highest BCUT2D eigenvalue weighted by Crippen LogP contribution is 2.29. The van der Waals surface area contributed by atoms with Crippen molar-refractivity contribution in [2.24, 2.45) is 0 Å². The molecule has 3 aromatic rings. The van der Waals surface area contributed by atoms with Gasteiger partial charge in [-0.2, -0.15) is 0 Å². The van der Waals surface area contributed by atoms with Crippen molar-refractivity contribution in [3.05, 3.63) is 62.5 Å². The van der Waals surface area contributed by atoms with Crippen LogP contribution >= 0.6 is 23.1 Å². The standard InChI is InChI=1S/C18H16N2O3S2/c21-16-9-11(10-24-14-7-3-1-5-12(14)17(22)23)19-18-20(16)13-6-2-4-8-15(13)25-18/h1,3,5,7,9H,2,4,6,8,10H2,(H,22,23). The van der Waals surface area contributed by atoms with E-state index in [2.05, 4.69) is 4.98 Å². The van der Waals surface area contributed by atoms with E-state index in [1.807, 2.05) is 6.07 Å². The van der Waals surface area contributed by atoms with Crippen molar-refractivity contribution in [3.63, 3.8) is 0 Å². The Morgan fingerprint density at radius 3 is 2.92 bits per heavy atom. The highest BCUT2D eigenvalue weighted by Gasteiger charge is 2.18. The maximum atomic E-state index is 12.5. The molecule has 1 aromatic carbocycles. The van der Waals surface area contributed by atoms with Crippen LogP contribution in [0.1, 0.15) is 39.5 Å². The monoisotopic (exact) mass is 372 g/mol. The Kier molecular flexibility index (Phi) is 4.35. The molecule has 0 saturated carbocycles. The fourth-order valence-electron chi connectivity index (χ4n) is 3.14. The molecule has 0 saturated heterocycles. The molecular weight excluding hydrogens is 356 g/mol. The second-order valence-corrected chi connectivity index (χ2v) is 8.05. The van der Waals surface area contributed by atoms with Crippen molar-refractivity contribution in [1.82, 2.24) is 9.38 Å². The van der Waals surface area contributed by atoms with Gasteiger partial charge in [-0.25, -0.2) is 9.78 Å². The van der Waals surface area contributed by atoms with Crippen LogP contribution in [-0.4, -0.2) is 20.5 Å². The van der Waals surface area contributed by atoms with E-state index < -0.39 is 5.97 Å². The summed E-state index contributed by atoms with van der Waals surface area (Å²) in [6.07, 6.45) is 4.26. The number of carboxylic acids is 1. The topological polar surface area (TPSA) is 71.7 Å². The van der Waals surface area contributed by atoms with E-state index in [0.29, 0.717) is 16.3 Å². The number of hydrogen-bond donors (Lipinski definition) is 1. The Morgan fingerprint density at radius 1 is 1.28 bits per heavy atom. The summed E-state index contributed by atoms with van der Waals surface area (Å²) in [6, 6.07) is 8.46. The number of aromatic nitrogens is 2. The summed E-state index contributed by atoms with van der Waals surface area (Å²) in [4.78, 5) is 31.2. The first kappa shape index (κ1) is 16.4. The van der Waals surface area contributed by atoms with E-state index in [1.165, 1.54) is 23.1 Å². The molecule has 1 aliphatic rings. The molecule has 5 nitrogen and oxygen atoms in total. The van der Waals surface area contributed by atoms with Crippen molar-refractivity contribution in [2.45, 2.75) is 36.3 Å². The number of hydrogen-bond acceptors (Lipinski definition) is 5. The predicted molar refractivity (Wildman–Crippen MR) is 98.9 cm³/mol. The Balaban J connectivity index is 1.65. The smallest absolute Gasteiger partial charge is 0.336 e. The lowest BCUT2D eigenvalue weighted by atomic mass is 10.0. The molecule has 0 amide bonds. The number of nitrogens with zero attached hydrogens (tertiary/aromatic N) is 2. The van der Waals surface area contributed by atoms with Gasteiger partial charge in [-0.05, 0) is 37.8 Å². The van der Waals surface area contributed by atoms with E-state index in [4.69, 9.17) is 0 Å². The number of carbonyl (C=O) groups is 1. The molecule has 1 aliphatic carbocycles. The molecule has 0 atom stereocenters. The molecule has 0 bridgehead atoms. The Labute approximate surface area is 152 Å². The van der Waals surface area contributed by atoms with E-state index in [0.717, 1.165) is 29.9 Å². The molecule has 4 rings (SSSR count). The van der Waals surface area contributed by atoms with Gasteiger partial charge in [0.1, 0.15) is 0 Å². The van der Waals surface area contributed by atoms with E-state index in [1.54, 1.807) is 40.0 Å². The lowest BCUT2D eigenvalue weighted by Crippen LogP contribution is -2.17. The maximum absolute atomic E-state index is 12.5. The van der Waals surface area contributed by atoms with Gasteiger partial charge in [-0.15, -0.1) is 23.1 Å². The number of fused-ring (bicyclic) bond motifs is 3. The maximum Gasteiger partial charge on any atom is 0.336 e. The normalized spacial score (nSPS) is 13.8. The van der Waals surface area contributed by atoms with Crippen molar-refractivity contribution in [3.8, 4) is 0 Å². The van der Waals surface area contributed by atoms with Gasteiger partial charge in [0.2, 0.25) is 0 Å². The SMILES string of the molecule is O=C(O)c1ccccc1SCc1cc(=O)n2c3c(sc2n1)CCCC3. The first-order valence-corrected chi connectivity index (χ1v) is 9.92. The van der Waals surface area contributed by atoms with Crippen LogP contribution in [0.2, 0.25) is 0 Å². The number of rotatable bonds is 4. The minimum absolute atomic E-state index is 0.0356. The van der Waals surface area contributed by atoms with Crippen LogP contribution in [0.5, 0.6) is 0 Å². The molecule has 128 valence electrons. The van der Waals surface area contributed by atoms with Gasteiger partial charge in [0, 0.05) is 27.3 Å². The third-order valence-electron chi connectivity index (χ3n) is 4.31. The highest BCUT2D eigenvalue weighted by molar-refractivity contribution is 7.98. The largest absolute Gasteiger partial charge is 0.478 e. The third kappa shape index (κ3) is 3.09. The zero-order valence-electron chi connectivity index (χ0n) is 13.4. The van der Waals surface area contributed by atoms with E-state index in [9.17, 15) is 14.7 Å².